The molecule has 0 bridgehead atoms. The van der Waals surface area contributed by atoms with Crippen LogP contribution < -0.4 is 0 Å². The fourth-order valence-electron chi connectivity index (χ4n) is 2.71. The van der Waals surface area contributed by atoms with Crippen molar-refractivity contribution in [3.8, 4) is 0 Å². The van der Waals surface area contributed by atoms with Crippen LogP contribution in [0.4, 0.5) is 0 Å². The molecule has 0 saturated carbocycles. The third-order valence-electron chi connectivity index (χ3n) is 3.51. The number of rotatable bonds is 4. The Morgan fingerprint density at radius 3 is 2.80 bits per heavy atom. The second-order valence-corrected chi connectivity index (χ2v) is 4.79. The van der Waals surface area contributed by atoms with E-state index in [4.69, 9.17) is 4.42 Å². The van der Waals surface area contributed by atoms with Gasteiger partial charge in [-0.1, -0.05) is 18.2 Å². The fraction of sp³-hybridized carbons (Fsp3) is 0.200. The zero-order valence-corrected chi connectivity index (χ0v) is 11.0. The molecule has 0 spiro atoms. The largest absolute Gasteiger partial charge is 0.468 e. The summed E-state index contributed by atoms with van der Waals surface area (Å²) in [6.07, 6.45) is 1.55. The average molecular weight is 270 g/mol. The fourth-order valence-corrected chi connectivity index (χ4v) is 2.71. The summed E-state index contributed by atoms with van der Waals surface area (Å²) >= 11 is 0. The molecule has 3 rings (SSSR count). The van der Waals surface area contributed by atoms with Gasteiger partial charge in [-0.15, -0.1) is 0 Å². The molecule has 20 heavy (non-hydrogen) atoms. The van der Waals surface area contributed by atoms with Crippen LogP contribution in [0.25, 0.3) is 10.9 Å². The Kier molecular flexibility index (Phi) is 3.02. The van der Waals surface area contributed by atoms with Gasteiger partial charge >= 0.3 is 0 Å². The third-order valence-corrected chi connectivity index (χ3v) is 3.51. The van der Waals surface area contributed by atoms with Gasteiger partial charge in [0.15, 0.2) is 0 Å². The SMILES string of the molecule is Cc1[nH]c2ccccc2c1[C@@H](C[N+](=O)[O-])c1ccco1. The van der Waals surface area contributed by atoms with Gasteiger partial charge in [-0.3, -0.25) is 10.1 Å². The second kappa shape index (κ2) is 4.85. The van der Waals surface area contributed by atoms with Crippen LogP contribution in [-0.2, 0) is 0 Å². The highest BCUT2D eigenvalue weighted by Gasteiger charge is 2.27. The van der Waals surface area contributed by atoms with Gasteiger partial charge in [0.25, 0.3) is 0 Å². The molecule has 0 radical (unpaired) electrons. The number of fused-ring (bicyclic) bond motifs is 1. The normalized spacial score (nSPS) is 12.7. The summed E-state index contributed by atoms with van der Waals surface area (Å²) in [5.41, 5.74) is 2.86. The van der Waals surface area contributed by atoms with Crippen molar-refractivity contribution in [2.24, 2.45) is 0 Å². The molecule has 5 nitrogen and oxygen atoms in total. The van der Waals surface area contributed by atoms with Crippen LogP contribution in [0.15, 0.2) is 47.1 Å². The predicted molar refractivity (Wildman–Crippen MR) is 75.4 cm³/mol. The van der Waals surface area contributed by atoms with E-state index in [2.05, 4.69) is 4.98 Å². The number of aromatic nitrogens is 1. The van der Waals surface area contributed by atoms with Crippen molar-refractivity contribution in [2.45, 2.75) is 12.8 Å². The van der Waals surface area contributed by atoms with Gasteiger partial charge in [-0.05, 0) is 30.7 Å². The minimum Gasteiger partial charge on any atom is -0.468 e. The van der Waals surface area contributed by atoms with Crippen LogP contribution in [0.2, 0.25) is 0 Å². The Labute approximate surface area is 115 Å². The molecule has 0 unspecified atom stereocenters. The zero-order chi connectivity index (χ0) is 14.1. The molecule has 102 valence electrons. The molecule has 3 aromatic rings. The molecule has 0 aliphatic heterocycles. The number of nitrogens with one attached hydrogen (secondary N) is 1. The van der Waals surface area contributed by atoms with Gasteiger partial charge in [0.05, 0.1) is 6.26 Å². The standard InChI is InChI=1S/C15H14N2O3/c1-10-15(11-5-2-3-6-13(11)16-10)12(9-17(18)19)14-7-4-8-20-14/h2-8,12,16H,9H2,1H3/t12-/m0/s1. The van der Waals surface area contributed by atoms with Gasteiger partial charge in [-0.25, -0.2) is 0 Å². The van der Waals surface area contributed by atoms with Gasteiger partial charge in [0.2, 0.25) is 6.54 Å². The number of benzene rings is 1. The molecule has 0 fully saturated rings. The first kappa shape index (κ1) is 12.5. The number of nitrogens with zero attached hydrogens (tertiary/aromatic N) is 1. The first-order valence-electron chi connectivity index (χ1n) is 6.39. The second-order valence-electron chi connectivity index (χ2n) is 4.79. The molecule has 2 heterocycles. The Morgan fingerprint density at radius 1 is 1.30 bits per heavy atom. The quantitative estimate of drug-likeness (QED) is 0.582. The van der Waals surface area contributed by atoms with Gasteiger partial charge in [0, 0.05) is 21.5 Å². The topological polar surface area (TPSA) is 72.1 Å². The highest BCUT2D eigenvalue weighted by atomic mass is 16.6. The van der Waals surface area contributed by atoms with Crippen molar-refractivity contribution >= 4 is 10.9 Å². The van der Waals surface area contributed by atoms with E-state index in [-0.39, 0.29) is 17.4 Å². The third kappa shape index (κ3) is 2.07. The smallest absolute Gasteiger partial charge is 0.217 e. The first-order valence-corrected chi connectivity index (χ1v) is 6.39. The Morgan fingerprint density at radius 2 is 2.10 bits per heavy atom. The van der Waals surface area contributed by atoms with E-state index in [1.165, 1.54) is 0 Å². The average Bonchev–Trinajstić information content (AvgIpc) is 3.02. The number of aromatic amines is 1. The molecule has 2 aromatic heterocycles. The molecule has 0 aliphatic carbocycles. The summed E-state index contributed by atoms with van der Waals surface area (Å²) in [5.74, 6) is 0.241. The van der Waals surface area contributed by atoms with Gasteiger partial charge < -0.3 is 9.40 Å². The number of hydrogen-bond acceptors (Lipinski definition) is 3. The van der Waals surface area contributed by atoms with Gasteiger partial charge in [0.1, 0.15) is 11.7 Å². The number of para-hydroxylation sites is 1. The van der Waals surface area contributed by atoms with E-state index in [0.717, 1.165) is 22.2 Å². The number of hydrogen-bond donors (Lipinski definition) is 1. The molecule has 0 aliphatic rings. The molecule has 1 atom stereocenters. The molecular formula is C15H14N2O3. The van der Waals surface area contributed by atoms with E-state index in [1.54, 1.807) is 18.4 Å². The van der Waals surface area contributed by atoms with Crippen molar-refractivity contribution in [2.75, 3.05) is 6.54 Å². The maximum Gasteiger partial charge on any atom is 0.217 e. The molecule has 0 saturated heterocycles. The van der Waals surface area contributed by atoms with E-state index < -0.39 is 0 Å². The lowest BCUT2D eigenvalue weighted by Crippen LogP contribution is -2.14. The van der Waals surface area contributed by atoms with Crippen LogP contribution in [0, 0.1) is 17.0 Å². The Hall–Kier alpha value is -2.56. The van der Waals surface area contributed by atoms with Crippen molar-refractivity contribution in [3.05, 3.63) is 69.8 Å². The van der Waals surface area contributed by atoms with Crippen LogP contribution in [0.3, 0.4) is 0 Å². The van der Waals surface area contributed by atoms with Crippen molar-refractivity contribution in [1.82, 2.24) is 4.98 Å². The highest BCUT2D eigenvalue weighted by Crippen LogP contribution is 2.33. The summed E-state index contributed by atoms with van der Waals surface area (Å²) in [7, 11) is 0. The van der Waals surface area contributed by atoms with Gasteiger partial charge in [-0.2, -0.15) is 0 Å². The molecule has 0 amide bonds. The van der Waals surface area contributed by atoms with Crippen molar-refractivity contribution < 1.29 is 9.34 Å². The van der Waals surface area contributed by atoms with E-state index in [1.807, 2.05) is 31.2 Å². The summed E-state index contributed by atoms with van der Waals surface area (Å²) in [5, 5.41) is 12.0. The minimum atomic E-state index is -0.379. The minimum absolute atomic E-state index is 0.184. The molecule has 5 heteroatoms. The lowest BCUT2D eigenvalue weighted by Gasteiger charge is -2.11. The number of furan rings is 1. The number of nitro groups is 1. The zero-order valence-electron chi connectivity index (χ0n) is 11.0. The van der Waals surface area contributed by atoms with E-state index >= 15 is 0 Å². The van der Waals surface area contributed by atoms with Crippen LogP contribution in [0.5, 0.6) is 0 Å². The Balaban J connectivity index is 2.18. The van der Waals surface area contributed by atoms with E-state index in [0.29, 0.717) is 5.76 Å². The van der Waals surface area contributed by atoms with Crippen molar-refractivity contribution in [3.63, 3.8) is 0 Å². The molecule has 1 N–H and O–H groups in total. The molecular weight excluding hydrogens is 256 g/mol. The summed E-state index contributed by atoms with van der Waals surface area (Å²) in [6, 6.07) is 11.4. The lowest BCUT2D eigenvalue weighted by atomic mass is 9.94. The highest BCUT2D eigenvalue weighted by molar-refractivity contribution is 5.85. The van der Waals surface area contributed by atoms with Crippen LogP contribution in [0.1, 0.15) is 22.9 Å². The van der Waals surface area contributed by atoms with Crippen LogP contribution in [-0.4, -0.2) is 16.5 Å². The molecule has 1 aromatic carbocycles. The maximum absolute atomic E-state index is 11.0. The first-order chi connectivity index (χ1) is 9.66. The predicted octanol–water partition coefficient (Wildman–Crippen LogP) is 3.48. The van der Waals surface area contributed by atoms with Crippen LogP contribution >= 0.6 is 0 Å². The number of aryl methyl sites for hydroxylation is 1. The van der Waals surface area contributed by atoms with E-state index in [9.17, 15) is 10.1 Å². The van der Waals surface area contributed by atoms with Crippen molar-refractivity contribution in [1.29, 1.82) is 0 Å². The summed E-state index contributed by atoms with van der Waals surface area (Å²) in [4.78, 5) is 14.0. The lowest BCUT2D eigenvalue weighted by molar-refractivity contribution is -0.482. The number of H-pyrrole nitrogens is 1. The Bertz CT molecular complexity index is 744. The summed E-state index contributed by atoms with van der Waals surface area (Å²) in [6.45, 7) is 1.75. The maximum atomic E-state index is 11.0. The monoisotopic (exact) mass is 270 g/mol. The summed E-state index contributed by atoms with van der Waals surface area (Å²) < 4.78 is 5.41.